The molecule has 1 aliphatic rings. The van der Waals surface area contributed by atoms with Crippen molar-refractivity contribution in [1.29, 1.82) is 0 Å². The summed E-state index contributed by atoms with van der Waals surface area (Å²) in [6.07, 6.45) is -1.61. The molecule has 0 saturated heterocycles. The Morgan fingerprint density at radius 2 is 2.22 bits per heavy atom. The van der Waals surface area contributed by atoms with Crippen LogP contribution in [-0.2, 0) is 0 Å². The van der Waals surface area contributed by atoms with Crippen molar-refractivity contribution in [2.45, 2.75) is 6.30 Å². The molecule has 1 atom stereocenters. The van der Waals surface area contributed by atoms with Gasteiger partial charge in [0, 0.05) is 6.08 Å². The van der Waals surface area contributed by atoms with Crippen LogP contribution in [0.5, 0.6) is 0 Å². The fraction of sp³-hybridized carbons (Fsp3) is 0.250. The zero-order valence-corrected chi connectivity index (χ0v) is 4.24. The van der Waals surface area contributed by atoms with E-state index in [0.29, 0.717) is 6.08 Å². The average molecular weight is 136 g/mol. The summed E-state index contributed by atoms with van der Waals surface area (Å²) in [5, 5.41) is 2.77. The van der Waals surface area contributed by atoms with Crippen LogP contribution in [0.2, 0.25) is 0 Å². The highest BCUT2D eigenvalue weighted by atomic mass is 19.2. The van der Waals surface area contributed by atoms with E-state index in [9.17, 15) is 13.2 Å². The maximum Gasteiger partial charge on any atom is 0.236 e. The van der Waals surface area contributed by atoms with Gasteiger partial charge < -0.3 is 0 Å². The Kier molecular flexibility index (Phi) is 1.42. The molecular formula is C4H3F3N2. The topological polar surface area (TPSA) is 24.4 Å². The molecule has 0 aromatic heterocycles. The van der Waals surface area contributed by atoms with Crippen molar-refractivity contribution in [2.24, 2.45) is 5.10 Å². The van der Waals surface area contributed by atoms with Gasteiger partial charge >= 0.3 is 0 Å². The minimum atomic E-state index is -2.00. The molecule has 1 N–H and O–H groups in total. The Hall–Kier alpha value is -1.00. The Morgan fingerprint density at radius 1 is 1.56 bits per heavy atom. The Bertz CT molecular complexity index is 175. The molecule has 0 radical (unpaired) electrons. The van der Waals surface area contributed by atoms with Gasteiger partial charge in [0.15, 0.2) is 5.83 Å². The molecule has 2 nitrogen and oxygen atoms in total. The van der Waals surface area contributed by atoms with Gasteiger partial charge in [-0.3, -0.25) is 5.43 Å². The lowest BCUT2D eigenvalue weighted by molar-refractivity contribution is 0.272. The van der Waals surface area contributed by atoms with Crippen LogP contribution in [0.4, 0.5) is 13.2 Å². The lowest BCUT2D eigenvalue weighted by atomic mass is 10.4. The SMILES string of the molecule is FC1=CC(F)=NNC1F. The van der Waals surface area contributed by atoms with E-state index in [4.69, 9.17) is 0 Å². The van der Waals surface area contributed by atoms with Gasteiger partial charge in [0.2, 0.25) is 12.3 Å². The molecule has 0 saturated carbocycles. The second kappa shape index (κ2) is 2.08. The molecule has 0 fully saturated rings. The second-order valence-electron chi connectivity index (χ2n) is 1.46. The number of halogens is 3. The standard InChI is InChI=1S/C4H3F3N2/c5-2-1-3(6)8-9-4(2)7/h1,4,9H. The quantitative estimate of drug-likeness (QED) is 0.494. The number of nitrogens with zero attached hydrogens (tertiary/aromatic N) is 1. The number of hydrazone groups is 1. The van der Waals surface area contributed by atoms with E-state index in [0.717, 1.165) is 0 Å². The lowest BCUT2D eigenvalue weighted by Crippen LogP contribution is -2.24. The predicted octanol–water partition coefficient (Wildman–Crippen LogP) is 1.02. The fourth-order valence-corrected chi connectivity index (χ4v) is 0.399. The van der Waals surface area contributed by atoms with E-state index >= 15 is 0 Å². The van der Waals surface area contributed by atoms with E-state index in [1.807, 2.05) is 0 Å². The highest BCUT2D eigenvalue weighted by Gasteiger charge is 2.16. The minimum Gasteiger partial charge on any atom is -0.269 e. The van der Waals surface area contributed by atoms with Gasteiger partial charge in [-0.25, -0.2) is 8.78 Å². The summed E-state index contributed by atoms with van der Waals surface area (Å²) in [7, 11) is 0. The van der Waals surface area contributed by atoms with E-state index in [-0.39, 0.29) is 0 Å². The van der Waals surface area contributed by atoms with Gasteiger partial charge in [0.25, 0.3) is 0 Å². The molecule has 0 aliphatic carbocycles. The van der Waals surface area contributed by atoms with Crippen molar-refractivity contribution in [3.05, 3.63) is 11.9 Å². The minimum absolute atomic E-state index is 0.390. The molecule has 5 heteroatoms. The first kappa shape index (κ1) is 6.12. The molecule has 1 rings (SSSR count). The van der Waals surface area contributed by atoms with Crippen molar-refractivity contribution in [2.75, 3.05) is 0 Å². The second-order valence-corrected chi connectivity index (χ2v) is 1.46. The van der Waals surface area contributed by atoms with E-state index < -0.39 is 18.1 Å². The van der Waals surface area contributed by atoms with Gasteiger partial charge in [-0.05, 0) is 0 Å². The Balaban J connectivity index is 2.74. The zero-order chi connectivity index (χ0) is 6.85. The van der Waals surface area contributed by atoms with Crippen molar-refractivity contribution < 1.29 is 13.2 Å². The summed E-state index contributed by atoms with van der Waals surface area (Å²) in [6.45, 7) is 0. The van der Waals surface area contributed by atoms with Crippen molar-refractivity contribution in [3.8, 4) is 0 Å². The first-order valence-corrected chi connectivity index (χ1v) is 2.20. The predicted molar refractivity (Wildman–Crippen MR) is 25.8 cm³/mol. The van der Waals surface area contributed by atoms with E-state index in [1.54, 1.807) is 5.43 Å². The first-order chi connectivity index (χ1) is 4.20. The summed E-state index contributed by atoms with van der Waals surface area (Å²) in [5.41, 5.74) is 1.58. The third-order valence-electron chi connectivity index (χ3n) is 0.784. The van der Waals surface area contributed by atoms with Crippen LogP contribution in [0.25, 0.3) is 0 Å². The number of hydrogen-bond acceptors (Lipinski definition) is 2. The van der Waals surface area contributed by atoms with Crippen molar-refractivity contribution in [3.63, 3.8) is 0 Å². The third-order valence-corrected chi connectivity index (χ3v) is 0.784. The number of allylic oxidation sites excluding steroid dienone is 1. The molecule has 0 spiro atoms. The third kappa shape index (κ3) is 1.22. The Labute approximate surface area is 49.1 Å². The number of nitrogens with one attached hydrogen (secondary N) is 1. The summed E-state index contributed by atoms with van der Waals surface area (Å²) in [5.74, 6) is -2.25. The van der Waals surface area contributed by atoms with Crippen LogP contribution in [0.1, 0.15) is 0 Å². The summed E-state index contributed by atoms with van der Waals surface area (Å²) < 4.78 is 35.7. The lowest BCUT2D eigenvalue weighted by Gasteiger charge is -2.07. The number of hydrogen-bond donors (Lipinski definition) is 1. The molecule has 0 bridgehead atoms. The molecule has 0 aromatic carbocycles. The molecule has 9 heavy (non-hydrogen) atoms. The molecule has 0 amide bonds. The van der Waals surface area contributed by atoms with Gasteiger partial charge in [-0.2, -0.15) is 4.39 Å². The van der Waals surface area contributed by atoms with Crippen molar-refractivity contribution >= 4 is 5.97 Å². The van der Waals surface area contributed by atoms with Crippen LogP contribution in [-0.4, -0.2) is 12.3 Å². The van der Waals surface area contributed by atoms with Gasteiger partial charge in [0.05, 0.1) is 0 Å². The van der Waals surface area contributed by atoms with Crippen LogP contribution >= 0.6 is 0 Å². The first-order valence-electron chi connectivity index (χ1n) is 2.20. The summed E-state index contributed by atoms with van der Waals surface area (Å²) in [6, 6.07) is 0. The van der Waals surface area contributed by atoms with Gasteiger partial charge in [0.1, 0.15) is 0 Å². The summed E-state index contributed by atoms with van der Waals surface area (Å²) >= 11 is 0. The Morgan fingerprint density at radius 3 is 2.67 bits per heavy atom. The van der Waals surface area contributed by atoms with Gasteiger partial charge in [-0.1, -0.05) is 0 Å². The molecule has 50 valence electrons. The maximum absolute atomic E-state index is 11.9. The number of alkyl halides is 1. The van der Waals surface area contributed by atoms with Crippen LogP contribution in [0.15, 0.2) is 17.0 Å². The zero-order valence-electron chi connectivity index (χ0n) is 4.24. The molecular weight excluding hydrogens is 133 g/mol. The fourth-order valence-electron chi connectivity index (χ4n) is 0.399. The average Bonchev–Trinajstić information content (AvgIpc) is 1.80. The smallest absolute Gasteiger partial charge is 0.236 e. The van der Waals surface area contributed by atoms with E-state index in [2.05, 4.69) is 5.10 Å². The highest BCUT2D eigenvalue weighted by molar-refractivity contribution is 5.87. The van der Waals surface area contributed by atoms with Crippen LogP contribution in [0.3, 0.4) is 0 Å². The normalized spacial score (nSPS) is 26.3. The highest BCUT2D eigenvalue weighted by Crippen LogP contribution is 2.09. The van der Waals surface area contributed by atoms with Crippen molar-refractivity contribution in [1.82, 2.24) is 5.43 Å². The number of rotatable bonds is 0. The molecule has 1 unspecified atom stereocenters. The van der Waals surface area contributed by atoms with E-state index in [1.165, 1.54) is 0 Å². The largest absolute Gasteiger partial charge is 0.269 e. The van der Waals surface area contributed by atoms with Crippen LogP contribution < -0.4 is 5.43 Å². The van der Waals surface area contributed by atoms with Crippen LogP contribution in [0, 0.1) is 0 Å². The maximum atomic E-state index is 11.9. The monoisotopic (exact) mass is 136 g/mol. The summed E-state index contributed by atoms with van der Waals surface area (Å²) in [4.78, 5) is 0. The molecule has 1 heterocycles. The van der Waals surface area contributed by atoms with Gasteiger partial charge in [-0.15, -0.1) is 5.10 Å². The molecule has 0 aromatic rings. The molecule has 1 aliphatic heterocycles.